The lowest BCUT2D eigenvalue weighted by molar-refractivity contribution is 0.0378. The fourth-order valence-corrected chi connectivity index (χ4v) is 4.85. The van der Waals surface area contributed by atoms with Crippen LogP contribution in [0, 0.1) is 11.8 Å². The SMILES string of the molecule is CCc1cc2cc(C(=O)OC(C)C)ccn2c1C(=O)c1ccc(C#CC(C)(C)NC2CCCC2)cc1. The number of hydrogen-bond donors (Lipinski definition) is 1. The molecule has 1 fully saturated rings. The van der Waals surface area contributed by atoms with Crippen LogP contribution in [0.2, 0.25) is 0 Å². The van der Waals surface area contributed by atoms with Gasteiger partial charge < -0.3 is 9.14 Å². The highest BCUT2D eigenvalue weighted by atomic mass is 16.5. The van der Waals surface area contributed by atoms with E-state index in [2.05, 4.69) is 31.0 Å². The average molecular weight is 485 g/mol. The fourth-order valence-electron chi connectivity index (χ4n) is 4.85. The van der Waals surface area contributed by atoms with Crippen LogP contribution in [0.25, 0.3) is 5.52 Å². The molecule has 1 aliphatic rings. The topological polar surface area (TPSA) is 59.8 Å². The molecule has 4 rings (SSSR count). The van der Waals surface area contributed by atoms with E-state index in [1.807, 2.05) is 55.5 Å². The summed E-state index contributed by atoms with van der Waals surface area (Å²) in [4.78, 5) is 25.9. The van der Waals surface area contributed by atoms with E-state index in [-0.39, 0.29) is 23.4 Å². The molecule has 1 aliphatic carbocycles. The number of carbonyl (C=O) groups is 2. The van der Waals surface area contributed by atoms with Crippen LogP contribution in [0.4, 0.5) is 0 Å². The maximum atomic E-state index is 13.5. The van der Waals surface area contributed by atoms with Crippen LogP contribution in [-0.2, 0) is 11.2 Å². The van der Waals surface area contributed by atoms with E-state index in [1.165, 1.54) is 25.7 Å². The van der Waals surface area contributed by atoms with Gasteiger partial charge in [0, 0.05) is 28.9 Å². The Hall–Kier alpha value is -3.36. The summed E-state index contributed by atoms with van der Waals surface area (Å²) in [5.41, 5.74) is 4.08. The highest BCUT2D eigenvalue weighted by Crippen LogP contribution is 2.23. The third-order valence-corrected chi connectivity index (χ3v) is 6.61. The van der Waals surface area contributed by atoms with Crippen molar-refractivity contribution in [3.05, 3.63) is 76.6 Å². The standard InChI is InChI=1S/C31H36N2O3/c1-6-23-19-27-20-25(30(35)36-21(2)3)16-18-33(27)28(23)29(34)24-13-11-22(12-14-24)15-17-31(4,5)32-26-9-7-8-10-26/h11-14,16,18-21,26,32H,6-10H2,1-5H3. The highest BCUT2D eigenvalue weighted by Gasteiger charge is 2.23. The molecule has 0 atom stereocenters. The Labute approximate surface area is 214 Å². The number of aromatic nitrogens is 1. The number of benzene rings is 1. The first-order valence-corrected chi connectivity index (χ1v) is 13.0. The number of ether oxygens (including phenoxy) is 1. The van der Waals surface area contributed by atoms with Crippen LogP contribution >= 0.6 is 0 Å². The van der Waals surface area contributed by atoms with E-state index in [1.54, 1.807) is 18.3 Å². The van der Waals surface area contributed by atoms with E-state index < -0.39 is 0 Å². The van der Waals surface area contributed by atoms with Crippen molar-refractivity contribution in [3.8, 4) is 11.8 Å². The zero-order valence-corrected chi connectivity index (χ0v) is 22.0. The molecular weight excluding hydrogens is 448 g/mol. The summed E-state index contributed by atoms with van der Waals surface area (Å²) in [7, 11) is 0. The molecule has 0 spiro atoms. The molecule has 3 aromatic rings. The van der Waals surface area contributed by atoms with E-state index in [4.69, 9.17) is 4.74 Å². The van der Waals surface area contributed by atoms with E-state index in [9.17, 15) is 9.59 Å². The molecule has 2 heterocycles. The predicted octanol–water partition coefficient (Wildman–Crippen LogP) is 5.96. The number of hydrogen-bond acceptors (Lipinski definition) is 4. The van der Waals surface area contributed by atoms with Gasteiger partial charge in [0.25, 0.3) is 0 Å². The van der Waals surface area contributed by atoms with Gasteiger partial charge in [-0.2, -0.15) is 0 Å². The molecule has 0 bridgehead atoms. The second kappa shape index (κ2) is 10.7. The number of aryl methyl sites for hydroxylation is 1. The van der Waals surface area contributed by atoms with Gasteiger partial charge in [-0.15, -0.1) is 0 Å². The number of nitrogens with one attached hydrogen (secondary N) is 1. The molecule has 5 heteroatoms. The van der Waals surface area contributed by atoms with E-state index in [0.717, 1.165) is 16.6 Å². The molecular formula is C31H36N2O3. The van der Waals surface area contributed by atoms with Gasteiger partial charge in [-0.3, -0.25) is 10.1 Å². The van der Waals surface area contributed by atoms with Crippen LogP contribution in [-0.4, -0.2) is 33.8 Å². The van der Waals surface area contributed by atoms with Gasteiger partial charge in [0.1, 0.15) is 0 Å². The molecule has 0 amide bonds. The van der Waals surface area contributed by atoms with Gasteiger partial charge in [-0.1, -0.05) is 31.6 Å². The zero-order valence-electron chi connectivity index (χ0n) is 22.0. The summed E-state index contributed by atoms with van der Waals surface area (Å²) < 4.78 is 7.18. The predicted molar refractivity (Wildman–Crippen MR) is 144 cm³/mol. The lowest BCUT2D eigenvalue weighted by atomic mass is 10.0. The van der Waals surface area contributed by atoms with Gasteiger partial charge in [0.05, 0.1) is 22.9 Å². The van der Waals surface area contributed by atoms with E-state index >= 15 is 0 Å². The monoisotopic (exact) mass is 484 g/mol. The first kappa shape index (κ1) is 25.7. The summed E-state index contributed by atoms with van der Waals surface area (Å²) in [6, 6.07) is 13.5. The average Bonchev–Trinajstić information content (AvgIpc) is 3.48. The van der Waals surface area contributed by atoms with Gasteiger partial charge in [0.15, 0.2) is 0 Å². The molecule has 1 saturated carbocycles. The first-order valence-electron chi connectivity index (χ1n) is 13.0. The Balaban J connectivity index is 1.55. The molecule has 188 valence electrons. The molecule has 5 nitrogen and oxygen atoms in total. The molecule has 2 aromatic heterocycles. The lowest BCUT2D eigenvalue weighted by Crippen LogP contribution is -2.43. The fraction of sp³-hybridized carbons (Fsp3) is 0.419. The number of rotatable bonds is 7. The van der Waals surface area contributed by atoms with Crippen molar-refractivity contribution in [3.63, 3.8) is 0 Å². The molecule has 0 aliphatic heterocycles. The van der Waals surface area contributed by atoms with Crippen molar-refractivity contribution in [1.29, 1.82) is 0 Å². The Bertz CT molecular complexity index is 1310. The van der Waals surface area contributed by atoms with Crippen molar-refractivity contribution in [2.45, 2.75) is 84.4 Å². The van der Waals surface area contributed by atoms with Crippen LogP contribution in [0.5, 0.6) is 0 Å². The number of ketones is 1. The third kappa shape index (κ3) is 5.88. The summed E-state index contributed by atoms with van der Waals surface area (Å²) in [6.07, 6.45) is 7.32. The van der Waals surface area contributed by atoms with Crippen LogP contribution in [0.15, 0.2) is 48.7 Å². The number of carbonyl (C=O) groups excluding carboxylic acids is 2. The quantitative estimate of drug-likeness (QED) is 0.255. The zero-order chi connectivity index (χ0) is 25.9. The van der Waals surface area contributed by atoms with Gasteiger partial charge >= 0.3 is 5.97 Å². The molecule has 36 heavy (non-hydrogen) atoms. The lowest BCUT2D eigenvalue weighted by Gasteiger charge is -2.24. The number of fused-ring (bicyclic) bond motifs is 1. The second-order valence-electron chi connectivity index (χ2n) is 10.4. The molecule has 1 aromatic carbocycles. The maximum Gasteiger partial charge on any atom is 0.338 e. The van der Waals surface area contributed by atoms with Crippen LogP contribution in [0.3, 0.4) is 0 Å². The maximum absolute atomic E-state index is 13.5. The molecule has 0 unspecified atom stereocenters. The summed E-state index contributed by atoms with van der Waals surface area (Å²) >= 11 is 0. The van der Waals surface area contributed by atoms with Crippen molar-refractivity contribution in [2.24, 2.45) is 0 Å². The smallest absolute Gasteiger partial charge is 0.338 e. The second-order valence-corrected chi connectivity index (χ2v) is 10.4. The molecule has 1 N–H and O–H groups in total. The third-order valence-electron chi connectivity index (χ3n) is 6.61. The number of nitrogens with zero attached hydrogens (tertiary/aromatic N) is 1. The summed E-state index contributed by atoms with van der Waals surface area (Å²) in [5, 5.41) is 3.66. The van der Waals surface area contributed by atoms with Crippen LogP contribution in [0.1, 0.15) is 97.8 Å². The van der Waals surface area contributed by atoms with Crippen molar-refractivity contribution in [1.82, 2.24) is 9.72 Å². The Morgan fingerprint density at radius 2 is 1.78 bits per heavy atom. The Morgan fingerprint density at radius 3 is 2.42 bits per heavy atom. The first-order chi connectivity index (χ1) is 17.2. The normalized spacial score (nSPS) is 14.2. The van der Waals surface area contributed by atoms with E-state index in [0.29, 0.717) is 29.3 Å². The number of pyridine rings is 1. The minimum Gasteiger partial charge on any atom is -0.459 e. The van der Waals surface area contributed by atoms with Crippen molar-refractivity contribution < 1.29 is 14.3 Å². The van der Waals surface area contributed by atoms with Crippen molar-refractivity contribution >= 4 is 17.3 Å². The minimum absolute atomic E-state index is 0.0490. The van der Waals surface area contributed by atoms with Gasteiger partial charge in [-0.25, -0.2) is 4.79 Å². The minimum atomic E-state index is -0.363. The largest absolute Gasteiger partial charge is 0.459 e. The van der Waals surface area contributed by atoms with Crippen LogP contribution < -0.4 is 5.32 Å². The van der Waals surface area contributed by atoms with Crippen molar-refractivity contribution in [2.75, 3.05) is 0 Å². The highest BCUT2D eigenvalue weighted by molar-refractivity contribution is 6.09. The molecule has 0 radical (unpaired) electrons. The van der Waals surface area contributed by atoms with Gasteiger partial charge in [0.2, 0.25) is 5.78 Å². The van der Waals surface area contributed by atoms with Gasteiger partial charge in [-0.05, 0) is 95.0 Å². The summed E-state index contributed by atoms with van der Waals surface area (Å²) in [6.45, 7) is 9.91. The summed E-state index contributed by atoms with van der Waals surface area (Å²) in [5.74, 6) is 6.22. The Morgan fingerprint density at radius 1 is 1.08 bits per heavy atom. The number of esters is 1. The molecule has 0 saturated heterocycles. The Kier molecular flexibility index (Phi) is 7.66.